The first-order valence-electron chi connectivity index (χ1n) is 5.13. The molecule has 0 fully saturated rings. The van der Waals surface area contributed by atoms with Crippen molar-refractivity contribution in [3.05, 3.63) is 0 Å². The van der Waals surface area contributed by atoms with Crippen LogP contribution in [0, 0.1) is 5.92 Å². The van der Waals surface area contributed by atoms with Crippen molar-refractivity contribution in [3.8, 4) is 0 Å². The highest BCUT2D eigenvalue weighted by atomic mass is 14.7. The Bertz CT molecular complexity index is 132. The minimum absolute atomic E-state index is 0.138. The lowest BCUT2D eigenvalue weighted by Crippen LogP contribution is -2.40. The fourth-order valence-electron chi connectivity index (χ4n) is 1.28. The number of nitrogens with two attached hydrogens (primary N) is 3. The summed E-state index contributed by atoms with van der Waals surface area (Å²) in [6.45, 7) is 6.99. The van der Waals surface area contributed by atoms with E-state index in [2.05, 4.69) is 13.8 Å². The normalized spacial score (nSPS) is 18.7. The second kappa shape index (κ2) is 5.58. The van der Waals surface area contributed by atoms with Gasteiger partial charge in [-0.1, -0.05) is 13.8 Å². The van der Waals surface area contributed by atoms with Gasteiger partial charge in [0.15, 0.2) is 0 Å². The van der Waals surface area contributed by atoms with Gasteiger partial charge in [0.25, 0.3) is 0 Å². The van der Waals surface area contributed by atoms with Crippen LogP contribution in [-0.4, -0.2) is 18.1 Å². The van der Waals surface area contributed by atoms with Crippen LogP contribution in [0.1, 0.15) is 40.0 Å². The summed E-state index contributed by atoms with van der Waals surface area (Å²) >= 11 is 0. The highest BCUT2D eigenvalue weighted by Gasteiger charge is 2.19. The highest BCUT2D eigenvalue weighted by Crippen LogP contribution is 2.16. The molecule has 0 aromatic heterocycles. The summed E-state index contributed by atoms with van der Waals surface area (Å²) in [6, 6.07) is 0.264. The van der Waals surface area contributed by atoms with Gasteiger partial charge in [-0.2, -0.15) is 0 Å². The van der Waals surface area contributed by atoms with Gasteiger partial charge in [-0.3, -0.25) is 0 Å². The molecule has 80 valence electrons. The summed E-state index contributed by atoms with van der Waals surface area (Å²) < 4.78 is 0. The number of hydrogen-bond donors (Lipinski definition) is 3. The average molecular weight is 187 g/mol. The van der Waals surface area contributed by atoms with Crippen molar-refractivity contribution < 1.29 is 0 Å². The van der Waals surface area contributed by atoms with Crippen molar-refractivity contribution in [3.63, 3.8) is 0 Å². The summed E-state index contributed by atoms with van der Waals surface area (Å²) in [5.41, 5.74) is 17.3. The van der Waals surface area contributed by atoms with Crippen molar-refractivity contribution in [2.24, 2.45) is 23.1 Å². The van der Waals surface area contributed by atoms with Gasteiger partial charge >= 0.3 is 0 Å². The quantitative estimate of drug-likeness (QED) is 0.576. The van der Waals surface area contributed by atoms with Crippen LogP contribution in [0.25, 0.3) is 0 Å². The third-order valence-corrected chi connectivity index (χ3v) is 2.62. The molecular formula is C10H25N3. The van der Waals surface area contributed by atoms with E-state index in [1.807, 2.05) is 6.92 Å². The van der Waals surface area contributed by atoms with Crippen molar-refractivity contribution in [2.75, 3.05) is 6.54 Å². The summed E-state index contributed by atoms with van der Waals surface area (Å²) in [4.78, 5) is 0. The van der Waals surface area contributed by atoms with Gasteiger partial charge in [-0.15, -0.1) is 0 Å². The van der Waals surface area contributed by atoms with E-state index in [9.17, 15) is 0 Å². The van der Waals surface area contributed by atoms with Gasteiger partial charge in [-0.25, -0.2) is 0 Å². The predicted octanol–water partition coefficient (Wildman–Crippen LogP) is 0.816. The second-order valence-corrected chi connectivity index (χ2v) is 4.64. The van der Waals surface area contributed by atoms with Crippen LogP contribution in [0.5, 0.6) is 0 Å². The summed E-state index contributed by atoms with van der Waals surface area (Å²) in [6.07, 6.45) is 2.83. The van der Waals surface area contributed by atoms with E-state index in [1.165, 1.54) is 0 Å². The van der Waals surface area contributed by atoms with E-state index in [4.69, 9.17) is 17.2 Å². The maximum absolute atomic E-state index is 6.04. The van der Waals surface area contributed by atoms with Crippen molar-refractivity contribution in [1.29, 1.82) is 0 Å². The van der Waals surface area contributed by atoms with E-state index >= 15 is 0 Å². The largest absolute Gasteiger partial charge is 0.330 e. The van der Waals surface area contributed by atoms with Crippen LogP contribution < -0.4 is 17.2 Å². The first kappa shape index (κ1) is 12.9. The minimum Gasteiger partial charge on any atom is -0.330 e. The number of rotatable bonds is 6. The fraction of sp³-hybridized carbons (Fsp3) is 1.00. The van der Waals surface area contributed by atoms with Gasteiger partial charge < -0.3 is 17.2 Å². The molecule has 0 aliphatic carbocycles. The van der Waals surface area contributed by atoms with E-state index in [-0.39, 0.29) is 11.6 Å². The molecule has 0 saturated carbocycles. The molecular weight excluding hydrogens is 162 g/mol. The molecule has 3 nitrogen and oxygen atoms in total. The van der Waals surface area contributed by atoms with Gasteiger partial charge in [0, 0.05) is 11.6 Å². The molecule has 0 amide bonds. The monoisotopic (exact) mass is 187 g/mol. The molecule has 0 heterocycles. The predicted molar refractivity (Wildman–Crippen MR) is 58.3 cm³/mol. The second-order valence-electron chi connectivity index (χ2n) is 4.64. The molecule has 0 aliphatic rings. The molecule has 2 atom stereocenters. The molecule has 0 aromatic rings. The highest BCUT2D eigenvalue weighted by molar-refractivity contribution is 4.81. The fourth-order valence-corrected chi connectivity index (χ4v) is 1.28. The minimum atomic E-state index is -0.138. The molecule has 3 heteroatoms. The van der Waals surface area contributed by atoms with E-state index in [0.717, 1.165) is 19.3 Å². The van der Waals surface area contributed by atoms with Crippen LogP contribution >= 0.6 is 0 Å². The molecule has 13 heavy (non-hydrogen) atoms. The zero-order chi connectivity index (χ0) is 10.5. The zero-order valence-electron chi connectivity index (χ0n) is 9.22. The summed E-state index contributed by atoms with van der Waals surface area (Å²) in [5.74, 6) is 0.536. The zero-order valence-corrected chi connectivity index (χ0v) is 9.22. The van der Waals surface area contributed by atoms with Crippen LogP contribution in [-0.2, 0) is 0 Å². The molecule has 0 spiro atoms. The number of hydrogen-bond acceptors (Lipinski definition) is 3. The van der Waals surface area contributed by atoms with E-state index in [0.29, 0.717) is 12.5 Å². The molecule has 0 radical (unpaired) electrons. The Balaban J connectivity index is 3.73. The SMILES string of the molecule is CC(C)C(N)CCC(C)(N)CCN. The van der Waals surface area contributed by atoms with E-state index in [1.54, 1.807) is 0 Å². The third-order valence-electron chi connectivity index (χ3n) is 2.62. The maximum Gasteiger partial charge on any atom is 0.0138 e. The van der Waals surface area contributed by atoms with Crippen LogP contribution in [0.3, 0.4) is 0 Å². The molecule has 0 aromatic carbocycles. The molecule has 0 bridgehead atoms. The lowest BCUT2D eigenvalue weighted by Gasteiger charge is -2.26. The first-order valence-corrected chi connectivity index (χ1v) is 5.13. The maximum atomic E-state index is 6.04. The molecule has 0 rings (SSSR count). The Labute approximate surface area is 82.0 Å². The van der Waals surface area contributed by atoms with Crippen LogP contribution in [0.15, 0.2) is 0 Å². The molecule has 0 saturated heterocycles. The van der Waals surface area contributed by atoms with Crippen LogP contribution in [0.4, 0.5) is 0 Å². The molecule has 0 aliphatic heterocycles. The summed E-state index contributed by atoms with van der Waals surface area (Å²) in [5, 5.41) is 0. The van der Waals surface area contributed by atoms with E-state index < -0.39 is 0 Å². The topological polar surface area (TPSA) is 78.1 Å². The summed E-state index contributed by atoms with van der Waals surface area (Å²) in [7, 11) is 0. The average Bonchev–Trinajstić information content (AvgIpc) is 2.00. The first-order chi connectivity index (χ1) is 5.89. The van der Waals surface area contributed by atoms with Gasteiger partial charge in [0.2, 0.25) is 0 Å². The Kier molecular flexibility index (Phi) is 5.53. The molecule has 6 N–H and O–H groups in total. The Morgan fingerprint density at radius 1 is 1.23 bits per heavy atom. The smallest absolute Gasteiger partial charge is 0.0138 e. The standard InChI is InChI=1S/C10H25N3/c1-8(2)9(12)4-5-10(3,13)6-7-11/h8-9H,4-7,11-13H2,1-3H3. The van der Waals surface area contributed by atoms with Gasteiger partial charge in [0.1, 0.15) is 0 Å². The van der Waals surface area contributed by atoms with Crippen molar-refractivity contribution in [2.45, 2.75) is 51.6 Å². The van der Waals surface area contributed by atoms with Crippen molar-refractivity contribution in [1.82, 2.24) is 0 Å². The Morgan fingerprint density at radius 3 is 2.15 bits per heavy atom. The third kappa shape index (κ3) is 6.02. The molecule has 2 unspecified atom stereocenters. The van der Waals surface area contributed by atoms with Crippen LogP contribution in [0.2, 0.25) is 0 Å². The lowest BCUT2D eigenvalue weighted by molar-refractivity contribution is 0.350. The Hall–Kier alpha value is -0.120. The van der Waals surface area contributed by atoms with Gasteiger partial charge in [0.05, 0.1) is 0 Å². The lowest BCUT2D eigenvalue weighted by atomic mass is 9.89. The Morgan fingerprint density at radius 2 is 1.77 bits per heavy atom. The van der Waals surface area contributed by atoms with Crippen molar-refractivity contribution >= 4 is 0 Å². The van der Waals surface area contributed by atoms with Gasteiger partial charge in [-0.05, 0) is 38.6 Å².